The van der Waals surface area contributed by atoms with Crippen LogP contribution in [0.1, 0.15) is 93.4 Å². The van der Waals surface area contributed by atoms with E-state index < -0.39 is 72.3 Å². The standard InChI is InChI=1S/C41H62O11/c1-9-22(2)37-25(5)15-16-40(52-37)20-30-18-29(51-40)14-13-24(4)36(50-33-19-32(46-8)35(43)27(7)48-33)23(3)11-10-12-28-21-47-38-34(42)26(6)17-31(39(44)49-30)41(28,38)45/h10-13,17,22-23,25,27,29-38,42-43,45H,9,14-16,18-21H2,1-8H3/b11-10+,24-13+,28-12+/t22-,23-,25-,27-,29+,30-,31-,32-,33-,34+,35-,36-,37+,38+,40+,41+/m0/s1. The fourth-order valence-electron chi connectivity index (χ4n) is 9.27. The molecule has 0 aromatic heterocycles. The number of ether oxygens (including phenoxy) is 7. The number of esters is 1. The smallest absolute Gasteiger partial charge is 0.316 e. The van der Waals surface area contributed by atoms with Crippen LogP contribution in [0.3, 0.4) is 0 Å². The molecule has 0 amide bonds. The van der Waals surface area contributed by atoms with E-state index in [-0.39, 0.29) is 24.7 Å². The van der Waals surface area contributed by atoms with Gasteiger partial charge in [-0.1, -0.05) is 64.5 Å². The summed E-state index contributed by atoms with van der Waals surface area (Å²) in [5, 5.41) is 34.1. The van der Waals surface area contributed by atoms with Crippen molar-refractivity contribution in [2.24, 2.45) is 23.7 Å². The number of aliphatic hydroxyl groups excluding tert-OH is 2. The summed E-state index contributed by atoms with van der Waals surface area (Å²) < 4.78 is 44.6. The Labute approximate surface area is 309 Å². The van der Waals surface area contributed by atoms with Gasteiger partial charge in [0.1, 0.15) is 35.9 Å². The van der Waals surface area contributed by atoms with Gasteiger partial charge in [-0.3, -0.25) is 4.79 Å². The Morgan fingerprint density at radius 1 is 1.08 bits per heavy atom. The van der Waals surface area contributed by atoms with Gasteiger partial charge >= 0.3 is 5.97 Å². The van der Waals surface area contributed by atoms with E-state index in [4.69, 9.17) is 33.2 Å². The van der Waals surface area contributed by atoms with Gasteiger partial charge in [0.15, 0.2) is 12.1 Å². The average Bonchev–Trinajstić information content (AvgIpc) is 3.45. The number of carbonyl (C=O) groups is 1. The molecule has 52 heavy (non-hydrogen) atoms. The number of carbonyl (C=O) groups excluding carboxylic acids is 1. The molecule has 3 N–H and O–H groups in total. The summed E-state index contributed by atoms with van der Waals surface area (Å²) in [5.74, 6) is -1.98. The molecule has 0 saturated carbocycles. The number of aliphatic hydroxyl groups is 3. The van der Waals surface area contributed by atoms with E-state index in [0.717, 1.165) is 18.4 Å². The van der Waals surface area contributed by atoms with Crippen LogP contribution in [0.4, 0.5) is 0 Å². The number of hydrogen-bond donors (Lipinski definition) is 3. The highest BCUT2D eigenvalue weighted by Gasteiger charge is 2.60. The molecule has 0 radical (unpaired) electrons. The minimum atomic E-state index is -1.80. The van der Waals surface area contributed by atoms with E-state index >= 15 is 0 Å². The molecule has 11 nitrogen and oxygen atoms in total. The van der Waals surface area contributed by atoms with Gasteiger partial charge in [-0.05, 0) is 62.2 Å². The van der Waals surface area contributed by atoms with E-state index in [9.17, 15) is 20.1 Å². The van der Waals surface area contributed by atoms with Crippen LogP contribution in [0.25, 0.3) is 0 Å². The van der Waals surface area contributed by atoms with Crippen molar-refractivity contribution >= 4 is 5.97 Å². The molecule has 292 valence electrons. The van der Waals surface area contributed by atoms with Crippen LogP contribution in [0, 0.1) is 23.7 Å². The van der Waals surface area contributed by atoms with Crippen molar-refractivity contribution in [3.63, 3.8) is 0 Å². The fraction of sp³-hybridized carbons (Fsp3) is 0.780. The van der Waals surface area contributed by atoms with E-state index in [2.05, 4.69) is 33.8 Å². The first-order valence-electron chi connectivity index (χ1n) is 19.5. The topological polar surface area (TPSA) is 142 Å². The van der Waals surface area contributed by atoms with Gasteiger partial charge in [0.05, 0.1) is 37.1 Å². The molecule has 2 bridgehead atoms. The van der Waals surface area contributed by atoms with Gasteiger partial charge in [-0.15, -0.1) is 0 Å². The predicted octanol–water partition coefficient (Wildman–Crippen LogP) is 5.07. The van der Waals surface area contributed by atoms with E-state index in [1.807, 2.05) is 26.0 Å². The van der Waals surface area contributed by atoms with Gasteiger partial charge in [0.2, 0.25) is 0 Å². The maximum absolute atomic E-state index is 14.2. The Morgan fingerprint density at radius 2 is 1.85 bits per heavy atom. The molecule has 6 aliphatic rings. The highest BCUT2D eigenvalue weighted by Crippen LogP contribution is 2.48. The van der Waals surface area contributed by atoms with Gasteiger partial charge in [-0.2, -0.15) is 0 Å². The van der Waals surface area contributed by atoms with Crippen molar-refractivity contribution in [2.45, 2.75) is 166 Å². The van der Waals surface area contributed by atoms with Crippen molar-refractivity contribution < 1.29 is 53.3 Å². The number of rotatable bonds is 5. The van der Waals surface area contributed by atoms with Crippen LogP contribution in [0.15, 0.2) is 47.1 Å². The third-order valence-corrected chi connectivity index (χ3v) is 12.7. The Hall–Kier alpha value is -1.93. The summed E-state index contributed by atoms with van der Waals surface area (Å²) in [6, 6.07) is 0. The second kappa shape index (κ2) is 16.0. The maximum atomic E-state index is 14.2. The van der Waals surface area contributed by atoms with Crippen LogP contribution in [-0.2, 0) is 38.0 Å². The minimum absolute atomic E-state index is 0.0111. The molecule has 1 spiro atoms. The van der Waals surface area contributed by atoms with Crippen molar-refractivity contribution in [2.75, 3.05) is 13.7 Å². The molecular formula is C41H62O11. The zero-order chi connectivity index (χ0) is 37.5. The Morgan fingerprint density at radius 3 is 2.58 bits per heavy atom. The maximum Gasteiger partial charge on any atom is 0.316 e. The Bertz CT molecular complexity index is 1400. The lowest BCUT2D eigenvalue weighted by Crippen LogP contribution is -2.58. The Balaban J connectivity index is 1.37. The lowest BCUT2D eigenvalue weighted by molar-refractivity contribution is -0.340. The zero-order valence-corrected chi connectivity index (χ0v) is 32.2. The quantitative estimate of drug-likeness (QED) is 0.258. The minimum Gasteiger partial charge on any atom is -0.462 e. The zero-order valence-electron chi connectivity index (χ0n) is 32.2. The molecule has 1 aliphatic carbocycles. The van der Waals surface area contributed by atoms with Crippen LogP contribution in [-0.4, -0.2) is 108 Å². The van der Waals surface area contributed by atoms with Gasteiger partial charge in [-0.25, -0.2) is 0 Å². The van der Waals surface area contributed by atoms with Crippen molar-refractivity contribution in [3.8, 4) is 0 Å². The molecule has 16 atom stereocenters. The predicted molar refractivity (Wildman–Crippen MR) is 193 cm³/mol. The first kappa shape index (κ1) is 39.8. The highest BCUT2D eigenvalue weighted by molar-refractivity contribution is 5.78. The molecule has 5 heterocycles. The first-order chi connectivity index (χ1) is 24.7. The first-order valence-corrected chi connectivity index (χ1v) is 19.5. The summed E-state index contributed by atoms with van der Waals surface area (Å²) >= 11 is 0. The van der Waals surface area contributed by atoms with E-state index in [1.165, 1.54) is 0 Å². The van der Waals surface area contributed by atoms with E-state index in [1.54, 1.807) is 26.2 Å². The van der Waals surface area contributed by atoms with Crippen molar-refractivity contribution in [3.05, 3.63) is 47.1 Å². The van der Waals surface area contributed by atoms with Gasteiger partial charge in [0.25, 0.3) is 0 Å². The third-order valence-electron chi connectivity index (χ3n) is 12.7. The highest BCUT2D eigenvalue weighted by atomic mass is 16.7. The second-order valence-electron chi connectivity index (χ2n) is 16.5. The normalized spacial score (nSPS) is 49.1. The summed E-state index contributed by atoms with van der Waals surface area (Å²) in [7, 11) is 1.58. The SMILES string of the molecule is CC[C@H](C)[C@H]1O[C@]2(CC[C@@H]1C)C[C@@H]1C[C@@H](C/C=C(\C)[C@@H](O[C@H]3C[C@H](OC)[C@@H](O)[C@H](C)O3)[C@@H](C)/C=C/C=C3\CO[C@@H]4[C@H](O)C(C)=C[C@@H](C(=O)O1)[C@]34O)O2. The summed E-state index contributed by atoms with van der Waals surface area (Å²) in [6.45, 7) is 14.3. The molecule has 0 unspecified atom stereocenters. The van der Waals surface area contributed by atoms with Gasteiger partial charge in [0, 0.05) is 38.7 Å². The summed E-state index contributed by atoms with van der Waals surface area (Å²) in [4.78, 5) is 14.2. The van der Waals surface area contributed by atoms with Gasteiger partial charge < -0.3 is 48.5 Å². The van der Waals surface area contributed by atoms with Crippen molar-refractivity contribution in [1.82, 2.24) is 0 Å². The third kappa shape index (κ3) is 7.77. The number of methoxy groups -OCH3 is 1. The number of hydrogen-bond acceptors (Lipinski definition) is 11. The van der Waals surface area contributed by atoms with Crippen LogP contribution in [0.5, 0.6) is 0 Å². The Kier molecular flexibility index (Phi) is 12.3. The number of allylic oxidation sites excluding steroid dienone is 2. The molecule has 4 saturated heterocycles. The summed E-state index contributed by atoms with van der Waals surface area (Å²) in [5.41, 5.74) is 0.238. The summed E-state index contributed by atoms with van der Waals surface area (Å²) in [6.07, 6.45) is 8.24. The fourth-order valence-corrected chi connectivity index (χ4v) is 9.27. The largest absolute Gasteiger partial charge is 0.462 e. The number of fused-ring (bicyclic) bond motifs is 2. The molecule has 11 heteroatoms. The van der Waals surface area contributed by atoms with Crippen LogP contribution in [0.2, 0.25) is 0 Å². The molecule has 4 fully saturated rings. The molecule has 5 aliphatic heterocycles. The molecule has 0 aromatic carbocycles. The monoisotopic (exact) mass is 730 g/mol. The molecule has 6 rings (SSSR count). The second-order valence-corrected chi connectivity index (χ2v) is 16.5. The molecule has 0 aromatic rings. The lowest BCUT2D eigenvalue weighted by Gasteiger charge is -2.51. The van der Waals surface area contributed by atoms with Crippen LogP contribution >= 0.6 is 0 Å². The molecular weight excluding hydrogens is 668 g/mol. The lowest BCUT2D eigenvalue weighted by atomic mass is 9.71. The van der Waals surface area contributed by atoms with E-state index in [0.29, 0.717) is 55.1 Å². The average molecular weight is 731 g/mol. The van der Waals surface area contributed by atoms with Crippen molar-refractivity contribution in [1.29, 1.82) is 0 Å². The van der Waals surface area contributed by atoms with Crippen LogP contribution < -0.4 is 0 Å².